The first-order valence-corrected chi connectivity index (χ1v) is 14.2. The zero-order valence-corrected chi connectivity index (χ0v) is 22.3. The molecule has 0 aromatic carbocycles. The van der Waals surface area contributed by atoms with Crippen molar-refractivity contribution < 1.29 is 5.11 Å². The van der Waals surface area contributed by atoms with E-state index < -0.39 is 0 Å². The minimum absolute atomic E-state index is 0.0871. The van der Waals surface area contributed by atoms with Crippen molar-refractivity contribution in [2.24, 2.45) is 52.3 Å². The molecule has 0 bridgehead atoms. The van der Waals surface area contributed by atoms with Gasteiger partial charge in [0.25, 0.3) is 0 Å². The molecule has 1 N–H and O–H groups in total. The third kappa shape index (κ3) is 3.97. The molecule has 0 saturated heterocycles. The van der Waals surface area contributed by atoms with E-state index in [2.05, 4.69) is 60.6 Å². The molecule has 0 aliphatic heterocycles. The lowest BCUT2D eigenvalue weighted by Gasteiger charge is -2.58. The first kappa shape index (κ1) is 24.6. The first-order valence-electron chi connectivity index (χ1n) is 14.2. The van der Waals surface area contributed by atoms with Crippen molar-refractivity contribution in [2.75, 3.05) is 0 Å². The third-order valence-electron chi connectivity index (χ3n) is 11.6. The lowest BCUT2D eigenvalue weighted by Crippen LogP contribution is -2.50. The van der Waals surface area contributed by atoms with Crippen molar-refractivity contribution in [2.45, 2.75) is 119 Å². The summed E-state index contributed by atoms with van der Waals surface area (Å²) >= 11 is 0. The minimum Gasteiger partial charge on any atom is -0.393 e. The normalized spacial score (nSPS) is 44.7. The lowest BCUT2D eigenvalue weighted by molar-refractivity contribution is -0.0577. The topological polar surface area (TPSA) is 20.2 Å². The number of aliphatic hydroxyl groups is 1. The molecule has 0 aromatic heterocycles. The second kappa shape index (κ2) is 9.24. The molecule has 0 amide bonds. The van der Waals surface area contributed by atoms with Gasteiger partial charge in [-0.1, -0.05) is 64.8 Å². The SMILES string of the molecule is C/C=C(\C(C)CC)C(C)C[C@@H](C)[C@H]1CC[C@H]2[C@@H]3CC=C4C[C@@H](O)CC[C@]4(C)[C@H]3CC[C@]12C. The van der Waals surface area contributed by atoms with Crippen molar-refractivity contribution in [1.29, 1.82) is 0 Å². The molecule has 1 heteroatoms. The van der Waals surface area contributed by atoms with Crippen LogP contribution in [-0.4, -0.2) is 11.2 Å². The average molecular weight is 441 g/mol. The fourth-order valence-corrected chi connectivity index (χ4v) is 9.77. The van der Waals surface area contributed by atoms with Gasteiger partial charge < -0.3 is 5.11 Å². The molecule has 1 nitrogen and oxygen atoms in total. The summed E-state index contributed by atoms with van der Waals surface area (Å²) in [7, 11) is 0. The van der Waals surface area contributed by atoms with Gasteiger partial charge in [-0.05, 0) is 123 Å². The van der Waals surface area contributed by atoms with Crippen LogP contribution in [-0.2, 0) is 0 Å². The highest BCUT2D eigenvalue weighted by Gasteiger charge is 2.59. The molecule has 0 spiro atoms. The minimum atomic E-state index is -0.0871. The van der Waals surface area contributed by atoms with Gasteiger partial charge in [-0.25, -0.2) is 0 Å². The maximum atomic E-state index is 10.3. The van der Waals surface area contributed by atoms with Crippen LogP contribution >= 0.6 is 0 Å². The van der Waals surface area contributed by atoms with E-state index in [9.17, 15) is 5.11 Å². The molecule has 4 rings (SSSR count). The standard InChI is InChI=1S/C31H52O/c1-8-20(3)25(9-2)21(4)18-22(5)27-12-13-28-26-11-10-23-19-24(32)14-16-30(23,6)29(26)15-17-31(27,28)7/h9-10,20-22,24,26-29,32H,8,11-19H2,1-7H3/b25-9+/t20?,21?,22-,24+,26+,27-,28+,29+,30+,31-/m1/s1. The molecule has 2 unspecified atom stereocenters. The predicted octanol–water partition coefficient (Wildman–Crippen LogP) is 8.58. The van der Waals surface area contributed by atoms with Gasteiger partial charge in [0, 0.05) is 0 Å². The van der Waals surface area contributed by atoms with E-state index in [0.29, 0.717) is 10.8 Å². The molecule has 4 aliphatic rings. The summed E-state index contributed by atoms with van der Waals surface area (Å²) in [4.78, 5) is 0. The van der Waals surface area contributed by atoms with Crippen LogP contribution in [0.2, 0.25) is 0 Å². The number of hydrogen-bond donors (Lipinski definition) is 1. The van der Waals surface area contributed by atoms with Gasteiger partial charge in [-0.15, -0.1) is 0 Å². The Kier molecular flexibility index (Phi) is 7.09. The van der Waals surface area contributed by atoms with E-state index in [0.717, 1.165) is 54.3 Å². The quantitative estimate of drug-likeness (QED) is 0.410. The molecule has 32 heavy (non-hydrogen) atoms. The highest BCUT2D eigenvalue weighted by Crippen LogP contribution is 2.67. The van der Waals surface area contributed by atoms with Crippen LogP contribution < -0.4 is 0 Å². The van der Waals surface area contributed by atoms with Gasteiger partial charge in [0.2, 0.25) is 0 Å². The molecular weight excluding hydrogens is 388 g/mol. The number of aliphatic hydroxyl groups excluding tert-OH is 1. The van der Waals surface area contributed by atoms with Crippen LogP contribution in [0.3, 0.4) is 0 Å². The van der Waals surface area contributed by atoms with Crippen LogP contribution in [0.25, 0.3) is 0 Å². The van der Waals surface area contributed by atoms with Crippen LogP contribution in [0.4, 0.5) is 0 Å². The van der Waals surface area contributed by atoms with Crippen molar-refractivity contribution in [3.8, 4) is 0 Å². The van der Waals surface area contributed by atoms with Gasteiger partial charge in [0.15, 0.2) is 0 Å². The summed E-state index contributed by atoms with van der Waals surface area (Å²) in [6.07, 6.45) is 17.8. The molecule has 4 aliphatic carbocycles. The summed E-state index contributed by atoms with van der Waals surface area (Å²) in [6, 6.07) is 0. The highest BCUT2D eigenvalue weighted by molar-refractivity contribution is 5.25. The smallest absolute Gasteiger partial charge is 0.0577 e. The summed E-state index contributed by atoms with van der Waals surface area (Å²) < 4.78 is 0. The van der Waals surface area contributed by atoms with Gasteiger partial charge in [0.1, 0.15) is 0 Å². The summed E-state index contributed by atoms with van der Waals surface area (Å²) in [6.45, 7) is 17.4. The Hall–Kier alpha value is -0.560. The fraction of sp³-hybridized carbons (Fsp3) is 0.871. The van der Waals surface area contributed by atoms with E-state index in [1.165, 1.54) is 51.4 Å². The largest absolute Gasteiger partial charge is 0.393 e. The van der Waals surface area contributed by atoms with Gasteiger partial charge >= 0.3 is 0 Å². The van der Waals surface area contributed by atoms with Crippen molar-refractivity contribution in [3.63, 3.8) is 0 Å². The number of rotatable bonds is 6. The number of hydrogen-bond acceptors (Lipinski definition) is 1. The Morgan fingerprint density at radius 1 is 1.06 bits per heavy atom. The van der Waals surface area contributed by atoms with Crippen LogP contribution in [0.5, 0.6) is 0 Å². The van der Waals surface area contributed by atoms with Crippen LogP contribution in [0.15, 0.2) is 23.3 Å². The maximum absolute atomic E-state index is 10.3. The second-order valence-electron chi connectivity index (χ2n) is 13.1. The molecular formula is C31H52O. The van der Waals surface area contributed by atoms with Crippen molar-refractivity contribution in [1.82, 2.24) is 0 Å². The zero-order valence-electron chi connectivity index (χ0n) is 22.3. The summed E-state index contributed by atoms with van der Waals surface area (Å²) in [5.74, 6) is 5.84. The summed E-state index contributed by atoms with van der Waals surface area (Å²) in [5, 5.41) is 10.3. The molecule has 3 fully saturated rings. The molecule has 10 atom stereocenters. The maximum Gasteiger partial charge on any atom is 0.0577 e. The van der Waals surface area contributed by atoms with E-state index in [-0.39, 0.29) is 6.10 Å². The Balaban J connectivity index is 1.49. The lowest BCUT2D eigenvalue weighted by atomic mass is 9.47. The van der Waals surface area contributed by atoms with E-state index in [4.69, 9.17) is 0 Å². The number of allylic oxidation sites excluding steroid dienone is 3. The molecule has 3 saturated carbocycles. The fourth-order valence-electron chi connectivity index (χ4n) is 9.77. The Labute approximate surface area is 199 Å². The Morgan fingerprint density at radius 2 is 1.81 bits per heavy atom. The van der Waals surface area contributed by atoms with Gasteiger partial charge in [-0.3, -0.25) is 0 Å². The molecule has 0 heterocycles. The van der Waals surface area contributed by atoms with Gasteiger partial charge in [0.05, 0.1) is 6.10 Å². The molecule has 182 valence electrons. The zero-order chi connectivity index (χ0) is 23.3. The van der Waals surface area contributed by atoms with E-state index >= 15 is 0 Å². The summed E-state index contributed by atoms with van der Waals surface area (Å²) in [5.41, 5.74) is 4.23. The van der Waals surface area contributed by atoms with Crippen molar-refractivity contribution in [3.05, 3.63) is 23.3 Å². The average Bonchev–Trinajstić information content (AvgIpc) is 3.11. The third-order valence-corrected chi connectivity index (χ3v) is 11.6. The number of fused-ring (bicyclic) bond motifs is 5. The molecule has 0 radical (unpaired) electrons. The molecule has 0 aromatic rings. The van der Waals surface area contributed by atoms with E-state index in [1.807, 2.05) is 0 Å². The van der Waals surface area contributed by atoms with Gasteiger partial charge in [-0.2, -0.15) is 0 Å². The second-order valence-corrected chi connectivity index (χ2v) is 13.1. The Morgan fingerprint density at radius 3 is 2.50 bits per heavy atom. The van der Waals surface area contributed by atoms with E-state index in [1.54, 1.807) is 11.1 Å². The Bertz CT molecular complexity index is 733. The predicted molar refractivity (Wildman–Crippen MR) is 137 cm³/mol. The highest BCUT2D eigenvalue weighted by atomic mass is 16.3. The monoisotopic (exact) mass is 440 g/mol. The van der Waals surface area contributed by atoms with Crippen molar-refractivity contribution >= 4 is 0 Å². The van der Waals surface area contributed by atoms with Crippen LogP contribution in [0, 0.1) is 52.3 Å². The first-order chi connectivity index (χ1) is 15.2. The van der Waals surface area contributed by atoms with Crippen LogP contribution in [0.1, 0.15) is 113 Å².